The highest BCUT2D eigenvalue weighted by molar-refractivity contribution is 7.47. The first-order valence-corrected chi connectivity index (χ1v) is 31.8. The summed E-state index contributed by atoms with van der Waals surface area (Å²) in [7, 11) is -22.6. The maximum Gasteiger partial charge on any atom is 0.469 e. The number of alkyl halides is 4. The Morgan fingerprint density at radius 3 is 1.45 bits per heavy atom. The van der Waals surface area contributed by atoms with Crippen LogP contribution in [0.25, 0.3) is 0 Å². The van der Waals surface area contributed by atoms with Crippen LogP contribution < -0.4 is 5.73 Å². The van der Waals surface area contributed by atoms with E-state index in [9.17, 15) is 54.8 Å². The van der Waals surface area contributed by atoms with E-state index in [0.717, 1.165) is 58.3 Å². The fourth-order valence-corrected chi connectivity index (χ4v) is 9.98. The van der Waals surface area contributed by atoms with Gasteiger partial charge in [0.25, 0.3) is 6.43 Å². The van der Waals surface area contributed by atoms with E-state index < -0.39 is 95.7 Å². The second-order valence-corrected chi connectivity index (χ2v) is 24.7. The third-order valence-corrected chi connectivity index (χ3v) is 14.2. The third kappa shape index (κ3) is 44.5. The van der Waals surface area contributed by atoms with E-state index in [4.69, 9.17) is 59.4 Å². The van der Waals surface area contributed by atoms with Crippen LogP contribution in [-0.4, -0.2) is 144 Å². The normalized spacial score (nSPS) is 18.8. The van der Waals surface area contributed by atoms with E-state index in [1.807, 2.05) is 0 Å². The van der Waals surface area contributed by atoms with E-state index in [0.29, 0.717) is 32.0 Å². The molecule has 36 heteroatoms. The summed E-state index contributed by atoms with van der Waals surface area (Å²) in [5.41, 5.74) is 5.97. The Bertz CT molecular complexity index is 1880. The zero-order valence-corrected chi connectivity index (χ0v) is 46.8. The number of hydrogen-bond acceptors (Lipinski definition) is 17. The summed E-state index contributed by atoms with van der Waals surface area (Å²) in [5, 5.41) is 0. The summed E-state index contributed by atoms with van der Waals surface area (Å²) in [5.74, 6) is -0.175. The lowest BCUT2D eigenvalue weighted by Gasteiger charge is -2.43. The number of ether oxygens (including phenoxy) is 3. The second kappa shape index (κ2) is 37.7. The molecular weight excluding hydrogens is 1140 g/mol. The average molecular weight is 1220 g/mol. The maximum absolute atomic E-state index is 12.0. The molecule has 3 aliphatic carbocycles. The van der Waals surface area contributed by atoms with Crippen molar-refractivity contribution in [3.05, 3.63) is 0 Å². The summed E-state index contributed by atoms with van der Waals surface area (Å²) in [6, 6.07) is -0.000324. The van der Waals surface area contributed by atoms with Gasteiger partial charge in [-0.25, -0.2) is 40.4 Å². The number of ketones is 1. The fourth-order valence-electron chi connectivity index (χ4n) is 8.28. The highest BCUT2D eigenvalue weighted by atomic mass is 31.2. The van der Waals surface area contributed by atoms with Crippen molar-refractivity contribution in [3.63, 3.8) is 0 Å². The number of carbonyl (C=O) groups is 3. The quantitative estimate of drug-likeness (QED) is 0.0240. The lowest BCUT2D eigenvalue weighted by molar-refractivity contribution is -0.157. The van der Waals surface area contributed by atoms with E-state index >= 15 is 0 Å². The molecule has 3 atom stereocenters. The molecule has 4 fully saturated rings. The Morgan fingerprint density at radius 1 is 0.592 bits per heavy atom. The van der Waals surface area contributed by atoms with Crippen LogP contribution in [0.15, 0.2) is 0 Å². The minimum absolute atomic E-state index is 0.000324. The van der Waals surface area contributed by atoms with Gasteiger partial charge in [-0.15, -0.1) is 0 Å². The lowest BCUT2D eigenvalue weighted by atomic mass is 9.75. The molecule has 27 nitrogen and oxygen atoms in total. The maximum atomic E-state index is 12.0. The highest BCUT2D eigenvalue weighted by Crippen LogP contribution is 2.45. The fraction of sp³-hybridized carbons (Fsp3) is 0.925. The van der Waals surface area contributed by atoms with Gasteiger partial charge in [-0.1, -0.05) is 70.6 Å². The second-order valence-electron chi connectivity index (χ2n) is 18.5. The number of esters is 2. The Hall–Kier alpha value is -1.20. The summed E-state index contributed by atoms with van der Waals surface area (Å²) in [4.78, 5) is 116. The van der Waals surface area contributed by atoms with Gasteiger partial charge in [0.1, 0.15) is 18.5 Å². The van der Waals surface area contributed by atoms with Crippen molar-refractivity contribution in [3.8, 4) is 0 Å². The molecule has 0 amide bonds. The zero-order chi connectivity index (χ0) is 58.4. The smallest absolute Gasteiger partial charge is 0.460 e. The molecule has 0 bridgehead atoms. The minimum Gasteiger partial charge on any atom is -0.460 e. The van der Waals surface area contributed by atoms with Gasteiger partial charge in [0.15, 0.2) is 6.10 Å². The molecule has 1 heterocycles. The first kappa shape index (κ1) is 74.8. The highest BCUT2D eigenvalue weighted by Gasteiger charge is 2.41. The van der Waals surface area contributed by atoms with Gasteiger partial charge >= 0.3 is 51.1 Å². The first-order chi connectivity index (χ1) is 34.9. The molecule has 1 saturated heterocycles. The molecule has 0 radical (unpaired) electrons. The first-order valence-electron chi connectivity index (χ1n) is 24.1. The molecule has 76 heavy (non-hydrogen) atoms. The molecule has 4 rings (SSSR count). The molecule has 0 aromatic heterocycles. The number of nitrogens with two attached hydrogens (primary N) is 1. The van der Waals surface area contributed by atoms with Crippen molar-refractivity contribution in [2.45, 2.75) is 167 Å². The molecular formula is C40H78F4NO26P5. The van der Waals surface area contributed by atoms with E-state index in [1.54, 1.807) is 0 Å². The van der Waals surface area contributed by atoms with Gasteiger partial charge < -0.3 is 68.9 Å². The molecule has 452 valence electrons. The van der Waals surface area contributed by atoms with Gasteiger partial charge in [0.2, 0.25) is 6.43 Å². The molecule has 3 saturated carbocycles. The van der Waals surface area contributed by atoms with Crippen molar-refractivity contribution in [1.29, 1.82) is 0 Å². The Morgan fingerprint density at radius 2 is 1.03 bits per heavy atom. The van der Waals surface area contributed by atoms with Crippen LogP contribution in [0.4, 0.5) is 17.6 Å². The van der Waals surface area contributed by atoms with Crippen molar-refractivity contribution in [1.82, 2.24) is 0 Å². The monoisotopic (exact) mass is 1220 g/mol. The number of hydrogen-bond donors (Lipinski definition) is 11. The van der Waals surface area contributed by atoms with Crippen molar-refractivity contribution in [2.75, 3.05) is 46.2 Å². The predicted molar refractivity (Wildman–Crippen MR) is 258 cm³/mol. The van der Waals surface area contributed by atoms with E-state index in [1.165, 1.54) is 57.8 Å². The van der Waals surface area contributed by atoms with Crippen LogP contribution >= 0.6 is 39.1 Å². The average Bonchev–Trinajstić information content (AvgIpc) is 3.97. The predicted octanol–water partition coefficient (Wildman–Crippen LogP) is 6.09. The van der Waals surface area contributed by atoms with Crippen molar-refractivity contribution < 1.29 is 141 Å². The number of halogens is 4. The Labute approximate surface area is 438 Å². The van der Waals surface area contributed by atoms with Crippen LogP contribution in [0, 0.1) is 23.2 Å². The molecule has 12 N–H and O–H groups in total. The molecule has 3 unspecified atom stereocenters. The van der Waals surface area contributed by atoms with E-state index in [-0.39, 0.29) is 49.4 Å². The number of phosphoric acid groups is 5. The molecule has 0 spiro atoms. The molecule has 0 aromatic rings. The van der Waals surface area contributed by atoms with Crippen LogP contribution in [0.1, 0.15) is 136 Å². The summed E-state index contributed by atoms with van der Waals surface area (Å²) in [6.45, 7) is 1.48. The van der Waals surface area contributed by atoms with E-state index in [2.05, 4.69) is 32.1 Å². The number of rotatable bonds is 28. The van der Waals surface area contributed by atoms with Gasteiger partial charge in [-0.05, 0) is 50.4 Å². The molecule has 0 aromatic carbocycles. The summed E-state index contributed by atoms with van der Waals surface area (Å²) >= 11 is 0. The minimum atomic E-state index is -4.83. The zero-order valence-electron chi connectivity index (χ0n) is 42.3. The molecule has 1 aliphatic heterocycles. The lowest BCUT2D eigenvalue weighted by Crippen LogP contribution is -2.44. The van der Waals surface area contributed by atoms with Gasteiger partial charge in [-0.2, -0.15) is 0 Å². The Balaban J connectivity index is 0.000000927. The van der Waals surface area contributed by atoms with Gasteiger partial charge in [0, 0.05) is 44.1 Å². The number of phosphoric ester groups is 5. The SMILES string of the molecule is CC(=O)OC(COP(=O)(O)O)C(F)F.CC(=O)OC(COP(=O)(O)O)CC(F)F.NC(CCOP(=O)(O)O)CC1CCCC1.O=C(CCOP(=O)(O)O)C1CCCCC1.O=P(O)(O)OCCC1(CC2CCCC2)COC1. The molecule has 4 aliphatic rings. The summed E-state index contributed by atoms with van der Waals surface area (Å²) in [6.07, 6.45) is 8.84. The van der Waals surface area contributed by atoms with Crippen molar-refractivity contribution >= 4 is 56.8 Å². The number of carbonyl (C=O) groups excluding carboxylic acids is 3. The van der Waals surface area contributed by atoms with Gasteiger partial charge in [0.05, 0.1) is 39.6 Å². The largest absolute Gasteiger partial charge is 0.469 e. The van der Waals surface area contributed by atoms with Crippen LogP contribution in [0.2, 0.25) is 0 Å². The topological polar surface area (TPSA) is 439 Å². The summed E-state index contributed by atoms with van der Waals surface area (Å²) < 4.78 is 134. The third-order valence-electron chi connectivity index (χ3n) is 11.6. The van der Waals surface area contributed by atoms with Crippen molar-refractivity contribution in [2.24, 2.45) is 28.9 Å². The Kier molecular flexibility index (Phi) is 37.1. The van der Waals surface area contributed by atoms with Crippen LogP contribution in [0.5, 0.6) is 0 Å². The number of Topliss-reactive ketones (excluding diaryl/α,β-unsaturated/α-hetero) is 1. The van der Waals surface area contributed by atoms with Crippen LogP contribution in [-0.2, 0) is 74.0 Å². The van der Waals surface area contributed by atoms with Gasteiger partial charge in [-0.3, -0.25) is 37.0 Å². The standard InChI is InChI=1S/C11H21O5P.C9H20NO4P.C9H17O5P.C6H11F2O6P.C5H9F2O6P/c12-17(13,14)16-6-5-11(8-15-9-11)7-10-3-1-2-4-10;10-9(5-6-14-15(11,12)13)7-8-3-1-2-4-8;10-9(6-7-14-15(11,12)13)8-4-2-1-3-5-8;1-4(9)14-5(2-6(7)8)3-13-15(10,11)12;1-3(8)13-4(5(6)7)2-12-14(9,10)11/h10H,1-9H2,(H2,12,13,14);8-9H,1-7,10H2,(H2,11,12,13);8H,1-7H2,(H2,11,12,13);5-6H,2-3H2,1H3,(H2,10,11,12);4-5H,2H2,1H3,(H2,9,10,11). The van der Waals surface area contributed by atoms with Crippen LogP contribution in [0.3, 0.4) is 0 Å².